The maximum atomic E-state index is 11.6. The molecule has 0 bridgehead atoms. The maximum absolute atomic E-state index is 11.6. The molecule has 90 valence electrons. The number of carbonyl (C=O) groups is 2. The highest BCUT2D eigenvalue weighted by Gasteiger charge is 2.27. The van der Waals surface area contributed by atoms with Crippen LogP contribution in [-0.2, 0) is 11.3 Å². The number of likely N-dealkylation sites (tertiary alicyclic amines) is 1. The third-order valence-corrected chi connectivity index (χ3v) is 3.02. The third kappa shape index (κ3) is 2.46. The van der Waals surface area contributed by atoms with Gasteiger partial charge in [-0.2, -0.15) is 0 Å². The molecule has 1 aliphatic heterocycles. The van der Waals surface area contributed by atoms with Crippen molar-refractivity contribution < 1.29 is 14.7 Å². The van der Waals surface area contributed by atoms with Crippen molar-refractivity contribution in [3.05, 3.63) is 35.4 Å². The number of carboxylic acid groups (broad SMARTS) is 1. The van der Waals surface area contributed by atoms with Gasteiger partial charge in [-0.15, -0.1) is 0 Å². The van der Waals surface area contributed by atoms with Crippen LogP contribution < -0.4 is 0 Å². The van der Waals surface area contributed by atoms with Crippen molar-refractivity contribution >= 4 is 11.9 Å². The zero-order valence-electron chi connectivity index (χ0n) is 9.72. The summed E-state index contributed by atoms with van der Waals surface area (Å²) in [6, 6.07) is 6.83. The summed E-state index contributed by atoms with van der Waals surface area (Å²) in [7, 11) is 0. The standard InChI is InChI=1S/C13H15NO3/c1-9-6-12(15)14(7-9)8-10-4-2-3-5-11(10)13(16)17/h2-5,9H,6-8H2,1H3,(H,16,17). The Morgan fingerprint density at radius 1 is 1.47 bits per heavy atom. The zero-order chi connectivity index (χ0) is 12.4. The molecule has 4 heteroatoms. The largest absolute Gasteiger partial charge is 0.478 e. The fourth-order valence-corrected chi connectivity index (χ4v) is 2.19. The minimum atomic E-state index is -0.944. The van der Waals surface area contributed by atoms with Gasteiger partial charge in [-0.05, 0) is 17.5 Å². The Balaban J connectivity index is 2.19. The molecule has 1 aliphatic rings. The fourth-order valence-electron chi connectivity index (χ4n) is 2.19. The summed E-state index contributed by atoms with van der Waals surface area (Å²) in [5, 5.41) is 9.05. The fraction of sp³-hybridized carbons (Fsp3) is 0.385. The highest BCUT2D eigenvalue weighted by atomic mass is 16.4. The van der Waals surface area contributed by atoms with Gasteiger partial charge in [0.15, 0.2) is 0 Å². The van der Waals surface area contributed by atoms with Crippen molar-refractivity contribution in [1.82, 2.24) is 4.90 Å². The van der Waals surface area contributed by atoms with Gasteiger partial charge in [-0.25, -0.2) is 4.79 Å². The Kier molecular flexibility index (Phi) is 3.13. The molecule has 1 atom stereocenters. The molecular formula is C13H15NO3. The molecule has 17 heavy (non-hydrogen) atoms. The molecule has 0 radical (unpaired) electrons. The first kappa shape index (κ1) is 11.6. The highest BCUT2D eigenvalue weighted by molar-refractivity contribution is 5.89. The summed E-state index contributed by atoms with van der Waals surface area (Å²) < 4.78 is 0. The lowest BCUT2D eigenvalue weighted by Crippen LogP contribution is -2.25. The summed E-state index contributed by atoms with van der Waals surface area (Å²) in [5.41, 5.74) is 0.974. The first-order valence-corrected chi connectivity index (χ1v) is 5.67. The monoisotopic (exact) mass is 233 g/mol. The third-order valence-electron chi connectivity index (χ3n) is 3.02. The minimum absolute atomic E-state index is 0.109. The maximum Gasteiger partial charge on any atom is 0.336 e. The summed E-state index contributed by atoms with van der Waals surface area (Å²) in [6.07, 6.45) is 0.565. The van der Waals surface area contributed by atoms with E-state index in [2.05, 4.69) is 0 Å². The Morgan fingerprint density at radius 3 is 2.76 bits per heavy atom. The Labute approximate surface area is 99.9 Å². The molecule has 4 nitrogen and oxygen atoms in total. The van der Waals surface area contributed by atoms with E-state index in [0.29, 0.717) is 31.0 Å². The SMILES string of the molecule is CC1CC(=O)N(Cc2ccccc2C(=O)O)C1. The summed E-state index contributed by atoms with van der Waals surface area (Å²) >= 11 is 0. The van der Waals surface area contributed by atoms with Crippen LogP contribution in [0.1, 0.15) is 29.3 Å². The molecule has 1 aromatic rings. The van der Waals surface area contributed by atoms with Gasteiger partial charge >= 0.3 is 5.97 Å². The topological polar surface area (TPSA) is 57.6 Å². The van der Waals surface area contributed by atoms with Gasteiger partial charge in [0.05, 0.1) is 5.56 Å². The minimum Gasteiger partial charge on any atom is -0.478 e. The van der Waals surface area contributed by atoms with E-state index in [4.69, 9.17) is 5.11 Å². The molecule has 0 saturated carbocycles. The predicted octanol–water partition coefficient (Wildman–Crippen LogP) is 1.75. The van der Waals surface area contributed by atoms with Crippen LogP contribution in [0.15, 0.2) is 24.3 Å². The number of hydrogen-bond donors (Lipinski definition) is 1. The lowest BCUT2D eigenvalue weighted by molar-refractivity contribution is -0.128. The van der Waals surface area contributed by atoms with Crippen LogP contribution >= 0.6 is 0 Å². The number of carboxylic acids is 1. The number of nitrogens with zero attached hydrogens (tertiary/aromatic N) is 1. The molecule has 0 spiro atoms. The first-order valence-electron chi connectivity index (χ1n) is 5.67. The molecule has 1 aromatic carbocycles. The van der Waals surface area contributed by atoms with E-state index in [-0.39, 0.29) is 11.5 Å². The van der Waals surface area contributed by atoms with Crippen molar-refractivity contribution in [2.24, 2.45) is 5.92 Å². The van der Waals surface area contributed by atoms with E-state index in [1.165, 1.54) is 0 Å². The van der Waals surface area contributed by atoms with Gasteiger partial charge in [0.25, 0.3) is 0 Å². The van der Waals surface area contributed by atoms with Crippen LogP contribution in [0.4, 0.5) is 0 Å². The Bertz CT molecular complexity index is 456. The zero-order valence-corrected chi connectivity index (χ0v) is 9.72. The number of benzene rings is 1. The molecule has 1 unspecified atom stereocenters. The molecule has 1 fully saturated rings. The number of carbonyl (C=O) groups excluding carboxylic acids is 1. The van der Waals surface area contributed by atoms with Crippen LogP contribution in [-0.4, -0.2) is 28.4 Å². The molecule has 2 rings (SSSR count). The summed E-state index contributed by atoms with van der Waals surface area (Å²) in [6.45, 7) is 3.14. The van der Waals surface area contributed by atoms with Crippen molar-refractivity contribution in [3.63, 3.8) is 0 Å². The van der Waals surface area contributed by atoms with Crippen LogP contribution in [0.3, 0.4) is 0 Å². The molecule has 1 amide bonds. The van der Waals surface area contributed by atoms with Gasteiger partial charge in [0, 0.05) is 19.5 Å². The van der Waals surface area contributed by atoms with Gasteiger partial charge < -0.3 is 10.0 Å². The number of amides is 1. The molecule has 0 aromatic heterocycles. The molecule has 1 N–H and O–H groups in total. The van der Waals surface area contributed by atoms with E-state index < -0.39 is 5.97 Å². The van der Waals surface area contributed by atoms with E-state index in [0.717, 1.165) is 0 Å². The predicted molar refractivity (Wildman–Crippen MR) is 62.6 cm³/mol. The van der Waals surface area contributed by atoms with Crippen LogP contribution in [0.2, 0.25) is 0 Å². The Morgan fingerprint density at radius 2 is 2.18 bits per heavy atom. The van der Waals surface area contributed by atoms with Gasteiger partial charge in [0.2, 0.25) is 5.91 Å². The summed E-state index contributed by atoms with van der Waals surface area (Å²) in [4.78, 5) is 24.4. The molecule has 0 aliphatic carbocycles. The lowest BCUT2D eigenvalue weighted by Gasteiger charge is -2.17. The van der Waals surface area contributed by atoms with E-state index in [1.54, 1.807) is 29.2 Å². The smallest absolute Gasteiger partial charge is 0.336 e. The van der Waals surface area contributed by atoms with Crippen LogP contribution in [0.5, 0.6) is 0 Å². The van der Waals surface area contributed by atoms with Gasteiger partial charge in [-0.1, -0.05) is 25.1 Å². The highest BCUT2D eigenvalue weighted by Crippen LogP contribution is 2.20. The molecular weight excluding hydrogens is 218 g/mol. The normalized spacial score (nSPS) is 19.7. The number of rotatable bonds is 3. The second-order valence-electron chi connectivity index (χ2n) is 4.55. The van der Waals surface area contributed by atoms with Crippen molar-refractivity contribution in [2.75, 3.05) is 6.54 Å². The van der Waals surface area contributed by atoms with Gasteiger partial charge in [-0.3, -0.25) is 4.79 Å². The van der Waals surface area contributed by atoms with Crippen LogP contribution in [0.25, 0.3) is 0 Å². The second kappa shape index (κ2) is 4.57. The average molecular weight is 233 g/mol. The van der Waals surface area contributed by atoms with Crippen LogP contribution in [0, 0.1) is 5.92 Å². The second-order valence-corrected chi connectivity index (χ2v) is 4.55. The number of hydrogen-bond acceptors (Lipinski definition) is 2. The number of aromatic carboxylic acids is 1. The molecule has 1 heterocycles. The average Bonchev–Trinajstić information content (AvgIpc) is 2.58. The van der Waals surface area contributed by atoms with E-state index in [9.17, 15) is 9.59 Å². The van der Waals surface area contributed by atoms with E-state index >= 15 is 0 Å². The summed E-state index contributed by atoms with van der Waals surface area (Å²) in [5.74, 6) is -0.475. The lowest BCUT2D eigenvalue weighted by atomic mass is 10.1. The van der Waals surface area contributed by atoms with Gasteiger partial charge in [0.1, 0.15) is 0 Å². The Hall–Kier alpha value is -1.84. The first-order chi connectivity index (χ1) is 8.08. The van der Waals surface area contributed by atoms with Crippen molar-refractivity contribution in [3.8, 4) is 0 Å². The molecule has 1 saturated heterocycles. The van der Waals surface area contributed by atoms with Crippen molar-refractivity contribution in [1.29, 1.82) is 0 Å². The quantitative estimate of drug-likeness (QED) is 0.865. The van der Waals surface area contributed by atoms with E-state index in [1.807, 2.05) is 6.92 Å². The van der Waals surface area contributed by atoms with Crippen molar-refractivity contribution in [2.45, 2.75) is 19.9 Å².